The molecule has 0 atom stereocenters. The van der Waals surface area contributed by atoms with Gasteiger partial charge in [0.2, 0.25) is 5.43 Å². The Labute approximate surface area is 195 Å². The standard InChI is InChI=1S/C25H27N3O4S/c1-15-22(30)17(14-28-9-7-27(8-10-28)11-12-29)13-18-23(31)21(16(2)32-24(15)18)25-26-19-5-3-4-6-20(19)33-25/h3-6,13,29-30H,7-12,14H2,1-2H3. The molecular weight excluding hydrogens is 438 g/mol. The number of phenolic OH excluding ortho intramolecular Hbond substituents is 1. The Bertz CT molecular complexity index is 1350. The van der Waals surface area contributed by atoms with E-state index in [1.807, 2.05) is 24.3 Å². The SMILES string of the molecule is Cc1oc2c(C)c(O)c(CN3CCN(CCO)CC3)cc2c(=O)c1-c1nc2ccccc2s1. The van der Waals surface area contributed by atoms with Crippen LogP contribution in [0.5, 0.6) is 5.75 Å². The Morgan fingerprint density at radius 1 is 1.12 bits per heavy atom. The molecule has 2 aromatic carbocycles. The highest BCUT2D eigenvalue weighted by Crippen LogP contribution is 2.35. The quantitative estimate of drug-likeness (QED) is 0.466. The maximum Gasteiger partial charge on any atom is 0.203 e. The van der Waals surface area contributed by atoms with E-state index < -0.39 is 0 Å². The number of thiazole rings is 1. The van der Waals surface area contributed by atoms with Gasteiger partial charge in [-0.15, -0.1) is 11.3 Å². The lowest BCUT2D eigenvalue weighted by Gasteiger charge is -2.34. The second-order valence-electron chi connectivity index (χ2n) is 8.58. The summed E-state index contributed by atoms with van der Waals surface area (Å²) < 4.78 is 7.11. The van der Waals surface area contributed by atoms with E-state index in [4.69, 9.17) is 9.52 Å². The van der Waals surface area contributed by atoms with Gasteiger partial charge in [0.1, 0.15) is 22.1 Å². The smallest absolute Gasteiger partial charge is 0.203 e. The van der Waals surface area contributed by atoms with Crippen LogP contribution in [0, 0.1) is 13.8 Å². The molecule has 0 aliphatic carbocycles. The number of aryl methyl sites for hydroxylation is 2. The third kappa shape index (κ3) is 4.04. The van der Waals surface area contributed by atoms with Gasteiger partial charge in [0.25, 0.3) is 0 Å². The fourth-order valence-corrected chi connectivity index (χ4v) is 5.61. The van der Waals surface area contributed by atoms with Crippen molar-refractivity contribution in [1.29, 1.82) is 0 Å². The Balaban J connectivity index is 1.55. The van der Waals surface area contributed by atoms with Crippen LogP contribution in [0.2, 0.25) is 0 Å². The first kappa shape index (κ1) is 22.0. The van der Waals surface area contributed by atoms with Crippen molar-refractivity contribution in [3.8, 4) is 16.3 Å². The van der Waals surface area contributed by atoms with Crippen LogP contribution in [0.3, 0.4) is 0 Å². The van der Waals surface area contributed by atoms with Gasteiger partial charge in [-0.25, -0.2) is 4.98 Å². The number of piperazine rings is 1. The summed E-state index contributed by atoms with van der Waals surface area (Å²) in [4.78, 5) is 22.8. The summed E-state index contributed by atoms with van der Waals surface area (Å²) in [5, 5.41) is 21.2. The van der Waals surface area contributed by atoms with Crippen molar-refractivity contribution in [1.82, 2.24) is 14.8 Å². The van der Waals surface area contributed by atoms with Crippen LogP contribution in [0.15, 0.2) is 39.5 Å². The molecule has 172 valence electrons. The van der Waals surface area contributed by atoms with Crippen LogP contribution >= 0.6 is 11.3 Å². The molecule has 0 unspecified atom stereocenters. The largest absolute Gasteiger partial charge is 0.507 e. The van der Waals surface area contributed by atoms with Crippen molar-refractivity contribution in [2.24, 2.45) is 0 Å². The van der Waals surface area contributed by atoms with Gasteiger partial charge < -0.3 is 14.6 Å². The number of benzene rings is 2. The number of phenols is 1. The van der Waals surface area contributed by atoms with Crippen LogP contribution in [-0.2, 0) is 6.54 Å². The molecule has 5 rings (SSSR count). The summed E-state index contributed by atoms with van der Waals surface area (Å²) in [7, 11) is 0. The second kappa shape index (κ2) is 8.87. The maximum atomic E-state index is 13.6. The Kier molecular flexibility index (Phi) is 5.92. The predicted octanol–water partition coefficient (Wildman–Crippen LogP) is 3.50. The number of nitrogens with zero attached hydrogens (tertiary/aromatic N) is 3. The summed E-state index contributed by atoms with van der Waals surface area (Å²) in [6.07, 6.45) is 0. The maximum absolute atomic E-state index is 13.6. The first-order valence-electron chi connectivity index (χ1n) is 11.2. The average Bonchev–Trinajstić information content (AvgIpc) is 3.23. The van der Waals surface area contributed by atoms with Gasteiger partial charge >= 0.3 is 0 Å². The first-order chi connectivity index (χ1) is 16.0. The van der Waals surface area contributed by atoms with Crippen LogP contribution in [0.4, 0.5) is 0 Å². The molecule has 0 spiro atoms. The fraction of sp³-hybridized carbons (Fsp3) is 0.360. The van der Waals surface area contributed by atoms with E-state index in [0.717, 1.165) is 42.0 Å². The monoisotopic (exact) mass is 465 g/mol. The van der Waals surface area contributed by atoms with Crippen LogP contribution in [-0.4, -0.2) is 64.3 Å². The minimum Gasteiger partial charge on any atom is -0.507 e. The van der Waals surface area contributed by atoms with Crippen molar-refractivity contribution in [2.75, 3.05) is 39.3 Å². The molecule has 0 radical (unpaired) electrons. The van der Waals surface area contributed by atoms with Crippen molar-refractivity contribution in [3.63, 3.8) is 0 Å². The highest BCUT2D eigenvalue weighted by molar-refractivity contribution is 7.21. The number of fused-ring (bicyclic) bond motifs is 2. The Morgan fingerprint density at radius 2 is 1.85 bits per heavy atom. The van der Waals surface area contributed by atoms with Gasteiger partial charge in [0.05, 0.1) is 27.8 Å². The van der Waals surface area contributed by atoms with Gasteiger partial charge in [0, 0.05) is 50.4 Å². The average molecular weight is 466 g/mol. The summed E-state index contributed by atoms with van der Waals surface area (Å²) in [6.45, 7) is 8.40. The molecule has 2 N–H and O–H groups in total. The summed E-state index contributed by atoms with van der Waals surface area (Å²) in [6, 6.07) is 9.61. The van der Waals surface area contributed by atoms with Crippen molar-refractivity contribution < 1.29 is 14.6 Å². The van der Waals surface area contributed by atoms with E-state index in [1.54, 1.807) is 19.9 Å². The van der Waals surface area contributed by atoms with Crippen LogP contribution in [0.25, 0.3) is 31.8 Å². The zero-order chi connectivity index (χ0) is 23.1. The third-order valence-corrected chi connectivity index (χ3v) is 7.48. The van der Waals surface area contributed by atoms with Crippen molar-refractivity contribution >= 4 is 32.5 Å². The molecule has 2 aromatic heterocycles. The minimum atomic E-state index is -0.120. The van der Waals surface area contributed by atoms with Gasteiger partial charge in [-0.2, -0.15) is 0 Å². The zero-order valence-corrected chi connectivity index (χ0v) is 19.6. The molecule has 1 saturated heterocycles. The highest BCUT2D eigenvalue weighted by atomic mass is 32.1. The number of aromatic nitrogens is 1. The third-order valence-electron chi connectivity index (χ3n) is 6.42. The molecule has 1 aliphatic rings. The number of hydrogen-bond donors (Lipinski definition) is 2. The van der Waals surface area contributed by atoms with E-state index in [1.165, 1.54) is 11.3 Å². The van der Waals surface area contributed by atoms with E-state index in [-0.39, 0.29) is 17.8 Å². The molecule has 4 aromatic rings. The predicted molar refractivity (Wildman–Crippen MR) is 131 cm³/mol. The highest BCUT2D eigenvalue weighted by Gasteiger charge is 2.23. The first-order valence-corrected chi connectivity index (χ1v) is 12.0. The number of hydrogen-bond acceptors (Lipinski definition) is 8. The lowest BCUT2D eigenvalue weighted by atomic mass is 10.0. The van der Waals surface area contributed by atoms with Crippen LogP contribution in [0.1, 0.15) is 16.9 Å². The summed E-state index contributed by atoms with van der Waals surface area (Å²) in [5.74, 6) is 0.678. The molecular formula is C25H27N3O4S. The number of aromatic hydroxyl groups is 1. The molecule has 3 heterocycles. The molecule has 0 amide bonds. The lowest BCUT2D eigenvalue weighted by molar-refractivity contribution is 0.108. The van der Waals surface area contributed by atoms with Crippen molar-refractivity contribution in [3.05, 3.63) is 57.4 Å². The number of rotatable bonds is 5. The van der Waals surface area contributed by atoms with E-state index in [2.05, 4.69) is 14.8 Å². The van der Waals surface area contributed by atoms with E-state index in [9.17, 15) is 9.90 Å². The zero-order valence-electron chi connectivity index (χ0n) is 18.8. The topological polar surface area (TPSA) is 90.0 Å². The number of aliphatic hydroxyl groups is 1. The van der Waals surface area contributed by atoms with Gasteiger partial charge in [-0.3, -0.25) is 14.6 Å². The normalized spacial score (nSPS) is 15.6. The van der Waals surface area contributed by atoms with E-state index >= 15 is 0 Å². The number of para-hydroxylation sites is 1. The van der Waals surface area contributed by atoms with Gasteiger partial charge in [-0.1, -0.05) is 12.1 Å². The summed E-state index contributed by atoms with van der Waals surface area (Å²) >= 11 is 1.48. The Morgan fingerprint density at radius 3 is 2.58 bits per heavy atom. The summed E-state index contributed by atoms with van der Waals surface area (Å²) in [5.41, 5.74) is 2.96. The molecule has 8 heteroatoms. The molecule has 0 bridgehead atoms. The second-order valence-corrected chi connectivity index (χ2v) is 9.61. The molecule has 1 aliphatic heterocycles. The molecule has 7 nitrogen and oxygen atoms in total. The minimum absolute atomic E-state index is 0.120. The van der Waals surface area contributed by atoms with Crippen molar-refractivity contribution in [2.45, 2.75) is 20.4 Å². The van der Waals surface area contributed by atoms with Gasteiger partial charge in [-0.05, 0) is 32.0 Å². The lowest BCUT2D eigenvalue weighted by Crippen LogP contribution is -2.46. The molecule has 33 heavy (non-hydrogen) atoms. The number of β-amino-alcohol motifs (C(OH)–C–C–N with tert-alkyl or cyclic N) is 1. The van der Waals surface area contributed by atoms with Gasteiger partial charge in [0.15, 0.2) is 0 Å². The fourth-order valence-electron chi connectivity index (χ4n) is 4.56. The van der Waals surface area contributed by atoms with E-state index in [0.29, 0.717) is 46.0 Å². The Hall–Kier alpha value is -2.78. The van der Waals surface area contributed by atoms with Crippen LogP contribution < -0.4 is 5.43 Å². The number of aliphatic hydroxyl groups excluding tert-OH is 1. The molecule has 0 saturated carbocycles. The molecule has 1 fully saturated rings.